The molecule has 0 aromatic heterocycles. The van der Waals surface area contributed by atoms with E-state index >= 15 is 0 Å². The molecule has 0 fully saturated rings. The summed E-state index contributed by atoms with van der Waals surface area (Å²) in [7, 11) is 0. The van der Waals surface area contributed by atoms with Gasteiger partial charge in [-0.1, -0.05) is 62.6 Å². The fraction of sp³-hybridized carbons (Fsp3) is 0.444. The van der Waals surface area contributed by atoms with Crippen LogP contribution >= 0.6 is 0 Å². The molecule has 1 aliphatic rings. The molecule has 1 aromatic carbocycles. The van der Waals surface area contributed by atoms with Crippen LogP contribution < -0.4 is 0 Å². The molecule has 20 heavy (non-hydrogen) atoms. The quantitative estimate of drug-likeness (QED) is 0.450. The third-order valence-corrected chi connectivity index (χ3v) is 3.81. The summed E-state index contributed by atoms with van der Waals surface area (Å²) in [6, 6.07) is 9.38. The first-order valence-corrected chi connectivity index (χ1v) is 7.46. The van der Waals surface area contributed by atoms with E-state index in [-0.39, 0.29) is 5.83 Å². The number of unbranched alkanes of at least 4 members (excludes halogenated alkanes) is 3. The molecule has 108 valence electrons. The van der Waals surface area contributed by atoms with E-state index in [0.717, 1.165) is 37.3 Å². The summed E-state index contributed by atoms with van der Waals surface area (Å²) in [5.41, 5.74) is -0.742. The summed E-state index contributed by atoms with van der Waals surface area (Å²) in [5, 5.41) is 0. The largest absolute Gasteiger partial charge is 0.235 e. The van der Waals surface area contributed by atoms with Crippen molar-refractivity contribution >= 4 is 0 Å². The molecular weight excluding hydrogens is 254 g/mol. The van der Waals surface area contributed by atoms with Gasteiger partial charge in [0.25, 0.3) is 0 Å². The van der Waals surface area contributed by atoms with Crippen LogP contribution in [0.3, 0.4) is 0 Å². The Bertz CT molecular complexity index is 475. The average Bonchev–Trinajstić information content (AvgIpc) is 2.45. The minimum atomic E-state index is -1.61. The molecule has 0 spiro atoms. The highest BCUT2D eigenvalue weighted by molar-refractivity contribution is 5.37. The first kappa shape index (κ1) is 15.0. The SMILES string of the molecule is CCCCCCC1(F)C=CC(c2ccccc2)C(F)=C1. The molecule has 2 heteroatoms. The van der Waals surface area contributed by atoms with E-state index in [2.05, 4.69) is 6.92 Å². The zero-order valence-corrected chi connectivity index (χ0v) is 12.0. The van der Waals surface area contributed by atoms with Gasteiger partial charge in [0.1, 0.15) is 11.5 Å². The predicted octanol–water partition coefficient (Wildman–Crippen LogP) is 5.87. The third-order valence-electron chi connectivity index (χ3n) is 3.81. The van der Waals surface area contributed by atoms with E-state index < -0.39 is 11.6 Å². The smallest absolute Gasteiger partial charge is 0.150 e. The highest BCUT2D eigenvalue weighted by Crippen LogP contribution is 2.37. The molecule has 0 aliphatic heterocycles. The van der Waals surface area contributed by atoms with Gasteiger partial charge < -0.3 is 0 Å². The molecular formula is C18H22F2. The summed E-state index contributed by atoms with van der Waals surface area (Å²) in [6.45, 7) is 2.12. The summed E-state index contributed by atoms with van der Waals surface area (Å²) in [6.07, 6.45) is 8.76. The van der Waals surface area contributed by atoms with Gasteiger partial charge >= 0.3 is 0 Å². The Morgan fingerprint density at radius 2 is 1.85 bits per heavy atom. The lowest BCUT2D eigenvalue weighted by Crippen LogP contribution is -2.21. The maximum Gasteiger partial charge on any atom is 0.150 e. The minimum Gasteiger partial charge on any atom is -0.235 e. The Morgan fingerprint density at radius 3 is 2.50 bits per heavy atom. The van der Waals surface area contributed by atoms with Crippen molar-refractivity contribution < 1.29 is 8.78 Å². The van der Waals surface area contributed by atoms with Gasteiger partial charge in [0, 0.05) is 0 Å². The Hall–Kier alpha value is -1.44. The van der Waals surface area contributed by atoms with Crippen molar-refractivity contribution in [2.75, 3.05) is 0 Å². The van der Waals surface area contributed by atoms with Crippen LogP contribution in [0.1, 0.15) is 50.5 Å². The van der Waals surface area contributed by atoms with E-state index in [9.17, 15) is 8.78 Å². The highest BCUT2D eigenvalue weighted by atomic mass is 19.1. The van der Waals surface area contributed by atoms with Crippen LogP contribution in [0.4, 0.5) is 8.78 Å². The van der Waals surface area contributed by atoms with Crippen molar-refractivity contribution in [2.45, 2.75) is 50.6 Å². The van der Waals surface area contributed by atoms with Crippen LogP contribution in [0.15, 0.2) is 54.4 Å². The molecule has 1 aromatic rings. The van der Waals surface area contributed by atoms with Gasteiger partial charge in [0.15, 0.2) is 0 Å². The van der Waals surface area contributed by atoms with Crippen LogP contribution in [-0.4, -0.2) is 5.67 Å². The third kappa shape index (κ3) is 3.78. The lowest BCUT2D eigenvalue weighted by molar-refractivity contribution is 0.260. The molecule has 0 saturated heterocycles. The van der Waals surface area contributed by atoms with Crippen molar-refractivity contribution in [3.05, 3.63) is 60.0 Å². The summed E-state index contributed by atoms with van der Waals surface area (Å²) < 4.78 is 28.7. The monoisotopic (exact) mass is 276 g/mol. The van der Waals surface area contributed by atoms with E-state index in [1.54, 1.807) is 6.08 Å². The molecule has 0 nitrogen and oxygen atoms in total. The molecule has 2 unspecified atom stereocenters. The fourth-order valence-corrected chi connectivity index (χ4v) is 2.62. The van der Waals surface area contributed by atoms with Gasteiger partial charge in [0.05, 0.1) is 5.92 Å². The van der Waals surface area contributed by atoms with Crippen LogP contribution in [0.25, 0.3) is 0 Å². The van der Waals surface area contributed by atoms with E-state index in [0.29, 0.717) is 6.42 Å². The zero-order chi connectivity index (χ0) is 14.4. The standard InChI is InChI=1S/C18H22F2/c1-2-3-4-8-12-18(20)13-11-16(17(19)14-18)15-9-6-5-7-10-15/h5-7,9-11,13-14,16H,2-4,8,12H2,1H3. The van der Waals surface area contributed by atoms with Gasteiger partial charge in [-0.2, -0.15) is 0 Å². The molecule has 2 rings (SSSR count). The van der Waals surface area contributed by atoms with Crippen molar-refractivity contribution in [1.82, 2.24) is 0 Å². The van der Waals surface area contributed by atoms with Crippen LogP contribution in [0, 0.1) is 0 Å². The molecule has 1 aliphatic carbocycles. The second-order valence-electron chi connectivity index (χ2n) is 5.51. The summed E-state index contributed by atoms with van der Waals surface area (Å²) in [5.74, 6) is -0.813. The molecule has 0 radical (unpaired) electrons. The fourth-order valence-electron chi connectivity index (χ4n) is 2.62. The van der Waals surface area contributed by atoms with Gasteiger partial charge in [-0.15, -0.1) is 0 Å². The van der Waals surface area contributed by atoms with Crippen molar-refractivity contribution in [3.63, 3.8) is 0 Å². The Balaban J connectivity index is 2.01. The van der Waals surface area contributed by atoms with E-state index in [4.69, 9.17) is 0 Å². The number of halogens is 2. The first-order valence-electron chi connectivity index (χ1n) is 7.46. The summed E-state index contributed by atoms with van der Waals surface area (Å²) >= 11 is 0. The second-order valence-corrected chi connectivity index (χ2v) is 5.51. The Morgan fingerprint density at radius 1 is 1.10 bits per heavy atom. The maximum atomic E-state index is 14.5. The maximum absolute atomic E-state index is 14.5. The van der Waals surface area contributed by atoms with Gasteiger partial charge in [-0.05, 0) is 30.6 Å². The van der Waals surface area contributed by atoms with Gasteiger partial charge in [0.2, 0.25) is 0 Å². The minimum absolute atomic E-state index is 0.373. The van der Waals surface area contributed by atoms with Crippen LogP contribution in [0.2, 0.25) is 0 Å². The number of benzene rings is 1. The zero-order valence-electron chi connectivity index (χ0n) is 12.0. The van der Waals surface area contributed by atoms with Gasteiger partial charge in [-0.25, -0.2) is 8.78 Å². The highest BCUT2D eigenvalue weighted by Gasteiger charge is 2.30. The number of hydrogen-bond donors (Lipinski definition) is 0. The van der Waals surface area contributed by atoms with E-state index in [1.807, 2.05) is 30.3 Å². The Labute approximate surface area is 120 Å². The average molecular weight is 276 g/mol. The normalized spacial score (nSPS) is 25.6. The van der Waals surface area contributed by atoms with Crippen LogP contribution in [-0.2, 0) is 0 Å². The van der Waals surface area contributed by atoms with Crippen molar-refractivity contribution in [1.29, 1.82) is 0 Å². The Kier molecular flexibility index (Phi) is 5.11. The van der Waals surface area contributed by atoms with Crippen molar-refractivity contribution in [3.8, 4) is 0 Å². The number of allylic oxidation sites excluding steroid dienone is 4. The number of rotatable bonds is 6. The van der Waals surface area contributed by atoms with Crippen molar-refractivity contribution in [2.24, 2.45) is 0 Å². The predicted molar refractivity (Wildman–Crippen MR) is 80.1 cm³/mol. The molecule has 2 atom stereocenters. The number of hydrogen-bond acceptors (Lipinski definition) is 0. The molecule has 0 saturated carbocycles. The number of alkyl halides is 1. The molecule has 0 amide bonds. The molecule has 0 heterocycles. The molecule has 0 bridgehead atoms. The second kappa shape index (κ2) is 6.83. The first-order chi connectivity index (χ1) is 9.64. The lowest BCUT2D eigenvalue weighted by Gasteiger charge is -2.25. The van der Waals surface area contributed by atoms with Gasteiger partial charge in [-0.3, -0.25) is 0 Å². The lowest BCUT2D eigenvalue weighted by atomic mass is 9.85. The van der Waals surface area contributed by atoms with Crippen LogP contribution in [0.5, 0.6) is 0 Å². The topological polar surface area (TPSA) is 0 Å². The molecule has 0 N–H and O–H groups in total. The van der Waals surface area contributed by atoms with E-state index in [1.165, 1.54) is 6.08 Å². The summed E-state index contributed by atoms with van der Waals surface area (Å²) in [4.78, 5) is 0.